The Hall–Kier alpha value is -3.28. The van der Waals surface area contributed by atoms with Crippen LogP contribution in [0.3, 0.4) is 0 Å². The van der Waals surface area contributed by atoms with Crippen LogP contribution in [0, 0.1) is 13.8 Å². The molecule has 3 heterocycles. The summed E-state index contributed by atoms with van der Waals surface area (Å²) in [5.74, 6) is 2.05. The zero-order valence-corrected chi connectivity index (χ0v) is 13.4. The number of hydrogen-bond donors (Lipinski definition) is 2. The Morgan fingerprint density at radius 3 is 2.67 bits per heavy atom. The van der Waals surface area contributed by atoms with Crippen LogP contribution < -0.4 is 5.32 Å². The summed E-state index contributed by atoms with van der Waals surface area (Å²) in [6.07, 6.45) is 1.74. The minimum Gasteiger partial charge on any atom is -0.323 e. The van der Waals surface area contributed by atoms with Crippen molar-refractivity contribution in [3.63, 3.8) is 0 Å². The number of H-pyrrole nitrogens is 1. The number of aromatic nitrogens is 5. The van der Waals surface area contributed by atoms with Gasteiger partial charge in [0.25, 0.3) is 0 Å². The lowest BCUT2D eigenvalue weighted by molar-refractivity contribution is 1.05. The number of pyridine rings is 1. The quantitative estimate of drug-likeness (QED) is 0.601. The summed E-state index contributed by atoms with van der Waals surface area (Å²) in [5, 5.41) is 11.3. The second-order valence-electron chi connectivity index (χ2n) is 5.65. The Labute approximate surface area is 139 Å². The number of benzene rings is 1. The number of nitrogens with one attached hydrogen (secondary N) is 2. The average Bonchev–Trinajstić information content (AvgIpc) is 3.00. The second-order valence-corrected chi connectivity index (χ2v) is 5.65. The van der Waals surface area contributed by atoms with Crippen LogP contribution in [-0.4, -0.2) is 25.1 Å². The van der Waals surface area contributed by atoms with Crippen molar-refractivity contribution in [3.05, 3.63) is 59.9 Å². The van der Waals surface area contributed by atoms with E-state index in [1.54, 1.807) is 6.20 Å². The first-order valence-electron chi connectivity index (χ1n) is 7.68. The van der Waals surface area contributed by atoms with E-state index in [-0.39, 0.29) is 0 Å². The molecule has 0 radical (unpaired) electrons. The third-order valence-electron chi connectivity index (χ3n) is 3.81. The molecule has 6 heteroatoms. The number of fused-ring (bicyclic) bond motifs is 1. The van der Waals surface area contributed by atoms with E-state index in [9.17, 15) is 0 Å². The van der Waals surface area contributed by atoms with Gasteiger partial charge in [-0.1, -0.05) is 24.3 Å². The molecule has 0 saturated carbocycles. The number of hydrogen-bond acceptors (Lipinski definition) is 5. The molecule has 0 aliphatic rings. The monoisotopic (exact) mass is 316 g/mol. The molecule has 0 aliphatic carbocycles. The predicted molar refractivity (Wildman–Crippen MR) is 94.1 cm³/mol. The van der Waals surface area contributed by atoms with Crippen LogP contribution in [0.5, 0.6) is 0 Å². The molecule has 0 fully saturated rings. The van der Waals surface area contributed by atoms with Crippen molar-refractivity contribution >= 4 is 22.7 Å². The van der Waals surface area contributed by atoms with Crippen LogP contribution in [0.25, 0.3) is 22.4 Å². The fourth-order valence-electron chi connectivity index (χ4n) is 2.61. The fraction of sp³-hybridized carbons (Fsp3) is 0.111. The van der Waals surface area contributed by atoms with Gasteiger partial charge in [-0.05, 0) is 31.5 Å². The maximum atomic E-state index is 4.72. The molecule has 0 bridgehead atoms. The molecule has 0 spiro atoms. The summed E-state index contributed by atoms with van der Waals surface area (Å²) in [7, 11) is 0. The van der Waals surface area contributed by atoms with E-state index in [2.05, 4.69) is 25.5 Å². The smallest absolute Gasteiger partial charge is 0.165 e. The molecular weight excluding hydrogens is 300 g/mol. The molecule has 6 nitrogen and oxygen atoms in total. The Bertz CT molecular complexity index is 1020. The van der Waals surface area contributed by atoms with Crippen LogP contribution in [0.2, 0.25) is 0 Å². The Morgan fingerprint density at radius 2 is 1.88 bits per heavy atom. The van der Waals surface area contributed by atoms with Gasteiger partial charge in [0, 0.05) is 23.5 Å². The van der Waals surface area contributed by atoms with E-state index in [1.165, 1.54) is 0 Å². The lowest BCUT2D eigenvalue weighted by Crippen LogP contribution is -2.01. The Kier molecular flexibility index (Phi) is 3.42. The van der Waals surface area contributed by atoms with Gasteiger partial charge in [0.2, 0.25) is 0 Å². The van der Waals surface area contributed by atoms with Crippen molar-refractivity contribution < 1.29 is 0 Å². The number of anilines is 2. The molecule has 0 unspecified atom stereocenters. The van der Waals surface area contributed by atoms with Gasteiger partial charge in [-0.25, -0.2) is 15.0 Å². The number of nitrogens with zero attached hydrogens (tertiary/aromatic N) is 4. The lowest BCUT2D eigenvalue weighted by Gasteiger charge is -2.10. The molecular formula is C18H16N6. The minimum absolute atomic E-state index is 0.647. The Balaban J connectivity index is 1.89. The van der Waals surface area contributed by atoms with Gasteiger partial charge in [-0.15, -0.1) is 0 Å². The van der Waals surface area contributed by atoms with Crippen molar-refractivity contribution in [2.24, 2.45) is 0 Å². The fourth-order valence-corrected chi connectivity index (χ4v) is 2.61. The lowest BCUT2D eigenvalue weighted by atomic mass is 10.1. The van der Waals surface area contributed by atoms with Gasteiger partial charge in [-0.2, -0.15) is 5.10 Å². The van der Waals surface area contributed by atoms with Crippen LogP contribution in [0.4, 0.5) is 11.6 Å². The molecule has 4 aromatic rings. The Morgan fingerprint density at radius 1 is 1.00 bits per heavy atom. The van der Waals surface area contributed by atoms with E-state index in [4.69, 9.17) is 4.98 Å². The van der Waals surface area contributed by atoms with Gasteiger partial charge >= 0.3 is 0 Å². The summed E-state index contributed by atoms with van der Waals surface area (Å²) >= 11 is 0. The van der Waals surface area contributed by atoms with E-state index < -0.39 is 0 Å². The second kappa shape index (κ2) is 5.73. The molecule has 0 saturated heterocycles. The number of aromatic amines is 1. The third-order valence-corrected chi connectivity index (χ3v) is 3.81. The van der Waals surface area contributed by atoms with Crippen LogP contribution in [-0.2, 0) is 0 Å². The van der Waals surface area contributed by atoms with E-state index in [0.29, 0.717) is 23.1 Å². The predicted octanol–water partition coefficient (Wildman–Crippen LogP) is 3.78. The summed E-state index contributed by atoms with van der Waals surface area (Å²) < 4.78 is 0. The molecule has 0 amide bonds. The van der Waals surface area contributed by atoms with E-state index in [0.717, 1.165) is 22.2 Å². The van der Waals surface area contributed by atoms with Crippen molar-refractivity contribution in [2.75, 3.05) is 5.32 Å². The first-order valence-corrected chi connectivity index (χ1v) is 7.68. The molecule has 24 heavy (non-hydrogen) atoms. The largest absolute Gasteiger partial charge is 0.323 e. The highest BCUT2D eigenvalue weighted by molar-refractivity contribution is 5.89. The first-order chi connectivity index (χ1) is 11.7. The standard InChI is InChI=1S/C18H16N6/c1-11-6-3-4-7-13(11)17-21-16-14(8-5-9-19-16)18(22-17)20-15-10-12(2)23-24-15/h3-10H,1-2H3,(H2,19,20,21,22,23,24). The minimum atomic E-state index is 0.647. The highest BCUT2D eigenvalue weighted by atomic mass is 15.2. The van der Waals surface area contributed by atoms with Gasteiger partial charge < -0.3 is 5.32 Å². The highest BCUT2D eigenvalue weighted by Crippen LogP contribution is 2.27. The number of aryl methyl sites for hydroxylation is 2. The van der Waals surface area contributed by atoms with Crippen molar-refractivity contribution in [2.45, 2.75) is 13.8 Å². The van der Waals surface area contributed by atoms with Gasteiger partial charge in [0.15, 0.2) is 17.3 Å². The molecule has 0 aliphatic heterocycles. The number of rotatable bonds is 3. The maximum absolute atomic E-state index is 4.72. The van der Waals surface area contributed by atoms with Crippen molar-refractivity contribution in [3.8, 4) is 11.4 Å². The first kappa shape index (κ1) is 14.3. The van der Waals surface area contributed by atoms with Crippen LogP contribution >= 0.6 is 0 Å². The average molecular weight is 316 g/mol. The normalized spacial score (nSPS) is 10.9. The summed E-state index contributed by atoms with van der Waals surface area (Å²) in [6.45, 7) is 4.00. The maximum Gasteiger partial charge on any atom is 0.165 e. The molecule has 0 atom stereocenters. The summed E-state index contributed by atoms with van der Waals surface area (Å²) in [6, 6.07) is 13.8. The summed E-state index contributed by atoms with van der Waals surface area (Å²) in [5.41, 5.74) is 3.74. The molecule has 4 rings (SSSR count). The van der Waals surface area contributed by atoms with Gasteiger partial charge in [0.1, 0.15) is 5.82 Å². The van der Waals surface area contributed by atoms with E-state index >= 15 is 0 Å². The zero-order valence-electron chi connectivity index (χ0n) is 13.4. The van der Waals surface area contributed by atoms with Crippen molar-refractivity contribution in [1.82, 2.24) is 25.1 Å². The van der Waals surface area contributed by atoms with Gasteiger partial charge in [0.05, 0.1) is 5.39 Å². The van der Waals surface area contributed by atoms with Crippen LogP contribution in [0.1, 0.15) is 11.3 Å². The summed E-state index contributed by atoms with van der Waals surface area (Å²) in [4.78, 5) is 13.7. The SMILES string of the molecule is Cc1cc(Nc2nc(-c3ccccc3C)nc3ncccc23)n[nH]1. The zero-order chi connectivity index (χ0) is 16.5. The highest BCUT2D eigenvalue weighted by Gasteiger charge is 2.12. The van der Waals surface area contributed by atoms with E-state index in [1.807, 2.05) is 56.3 Å². The molecule has 1 aromatic carbocycles. The van der Waals surface area contributed by atoms with Crippen molar-refractivity contribution in [1.29, 1.82) is 0 Å². The molecule has 118 valence electrons. The third kappa shape index (κ3) is 2.58. The van der Waals surface area contributed by atoms with Gasteiger partial charge in [-0.3, -0.25) is 5.10 Å². The van der Waals surface area contributed by atoms with Crippen LogP contribution in [0.15, 0.2) is 48.7 Å². The molecule has 2 N–H and O–H groups in total. The topological polar surface area (TPSA) is 79.4 Å². The molecule has 3 aromatic heterocycles.